The largest absolute Gasteiger partial charge is 0.388 e. The van der Waals surface area contributed by atoms with Crippen LogP contribution in [0.1, 0.15) is 26.2 Å². The van der Waals surface area contributed by atoms with E-state index < -0.39 is 5.60 Å². The molecule has 0 aromatic rings. The molecule has 0 spiro atoms. The molecule has 1 aliphatic rings. The maximum atomic E-state index is 11.2. The lowest BCUT2D eigenvalue weighted by atomic mass is 9.93. The zero-order chi connectivity index (χ0) is 12.2. The summed E-state index contributed by atoms with van der Waals surface area (Å²) in [7, 11) is 1.83. The number of hydrogen-bond acceptors (Lipinski definition) is 4. The summed E-state index contributed by atoms with van der Waals surface area (Å²) < 4.78 is 5.21. The van der Waals surface area contributed by atoms with E-state index in [9.17, 15) is 9.90 Å². The van der Waals surface area contributed by atoms with Crippen molar-refractivity contribution >= 4 is 5.91 Å². The minimum Gasteiger partial charge on any atom is -0.388 e. The summed E-state index contributed by atoms with van der Waals surface area (Å²) in [5.41, 5.74) is 4.57. The summed E-state index contributed by atoms with van der Waals surface area (Å²) in [5.74, 6) is -0.333. The molecule has 1 aliphatic heterocycles. The summed E-state index contributed by atoms with van der Waals surface area (Å²) in [6.45, 7) is 3.55. The topological polar surface area (TPSA) is 75.8 Å². The van der Waals surface area contributed by atoms with E-state index >= 15 is 0 Å². The second-order valence-corrected chi connectivity index (χ2v) is 4.58. The lowest BCUT2D eigenvalue weighted by molar-refractivity contribution is -0.125. The zero-order valence-corrected chi connectivity index (χ0v) is 10.1. The van der Waals surface area contributed by atoms with Gasteiger partial charge >= 0.3 is 0 Å². The van der Waals surface area contributed by atoms with Gasteiger partial charge in [-0.2, -0.15) is 0 Å². The van der Waals surface area contributed by atoms with Crippen LogP contribution in [0, 0.1) is 0 Å². The molecule has 0 aromatic heterocycles. The van der Waals surface area contributed by atoms with Gasteiger partial charge < -0.3 is 15.6 Å². The fourth-order valence-corrected chi connectivity index (χ4v) is 2.21. The van der Waals surface area contributed by atoms with Crippen LogP contribution in [0.4, 0.5) is 0 Å². The molecule has 1 saturated heterocycles. The van der Waals surface area contributed by atoms with Crippen LogP contribution in [0.3, 0.4) is 0 Å². The van der Waals surface area contributed by atoms with Gasteiger partial charge in [0.15, 0.2) is 0 Å². The first-order chi connectivity index (χ1) is 7.48. The summed E-state index contributed by atoms with van der Waals surface area (Å²) in [6.07, 6.45) is 1.90. The summed E-state index contributed by atoms with van der Waals surface area (Å²) in [6, 6.07) is -0.299. The number of nitrogens with two attached hydrogens (primary N) is 1. The number of carbonyl (C=O) groups excluding carboxylic acids is 1. The van der Waals surface area contributed by atoms with Crippen LogP contribution in [-0.2, 0) is 9.53 Å². The molecule has 94 valence electrons. The van der Waals surface area contributed by atoms with E-state index in [4.69, 9.17) is 10.5 Å². The smallest absolute Gasteiger partial charge is 0.234 e. The number of likely N-dealkylation sites (N-methyl/N-ethyl adjacent to an activating group) is 1. The van der Waals surface area contributed by atoms with Crippen LogP contribution in [0.25, 0.3) is 0 Å². The Morgan fingerprint density at radius 3 is 2.56 bits per heavy atom. The Morgan fingerprint density at radius 2 is 2.12 bits per heavy atom. The molecule has 3 N–H and O–H groups in total. The molecule has 0 bridgehead atoms. The van der Waals surface area contributed by atoms with Crippen LogP contribution in [-0.4, -0.2) is 54.4 Å². The third-order valence-corrected chi connectivity index (χ3v) is 3.21. The third-order valence-electron chi connectivity index (χ3n) is 3.21. The molecule has 1 atom stereocenters. The molecular weight excluding hydrogens is 208 g/mol. The second-order valence-electron chi connectivity index (χ2n) is 4.58. The number of primary amides is 1. The summed E-state index contributed by atoms with van der Waals surface area (Å²) in [5, 5.41) is 10.3. The van der Waals surface area contributed by atoms with Gasteiger partial charge in [0.05, 0.1) is 11.6 Å². The van der Waals surface area contributed by atoms with E-state index in [1.165, 1.54) is 0 Å². The van der Waals surface area contributed by atoms with E-state index in [0.29, 0.717) is 39.0 Å². The van der Waals surface area contributed by atoms with Crippen LogP contribution >= 0.6 is 0 Å². The molecule has 1 amide bonds. The highest BCUT2D eigenvalue weighted by Gasteiger charge is 2.33. The van der Waals surface area contributed by atoms with Gasteiger partial charge in [-0.1, -0.05) is 6.92 Å². The first-order valence-electron chi connectivity index (χ1n) is 5.78. The van der Waals surface area contributed by atoms with Crippen molar-refractivity contribution in [2.75, 3.05) is 26.8 Å². The van der Waals surface area contributed by atoms with Crippen molar-refractivity contribution in [2.45, 2.75) is 37.8 Å². The maximum absolute atomic E-state index is 11.2. The lowest BCUT2D eigenvalue weighted by Gasteiger charge is -2.37. The first-order valence-corrected chi connectivity index (χ1v) is 5.78. The highest BCUT2D eigenvalue weighted by Crippen LogP contribution is 2.22. The quantitative estimate of drug-likeness (QED) is 0.681. The fraction of sp³-hybridized carbons (Fsp3) is 0.909. The minimum absolute atomic E-state index is 0.299. The Kier molecular flexibility index (Phi) is 4.70. The molecule has 0 radical (unpaired) electrons. The van der Waals surface area contributed by atoms with Crippen LogP contribution in [0.15, 0.2) is 0 Å². The van der Waals surface area contributed by atoms with Gasteiger partial charge in [0.2, 0.25) is 5.91 Å². The highest BCUT2D eigenvalue weighted by atomic mass is 16.5. The molecule has 0 saturated carbocycles. The number of carbonyl (C=O) groups is 1. The number of ether oxygens (including phenoxy) is 1. The van der Waals surface area contributed by atoms with Crippen molar-refractivity contribution < 1.29 is 14.6 Å². The number of hydrogen-bond donors (Lipinski definition) is 2. The van der Waals surface area contributed by atoms with Gasteiger partial charge in [0.1, 0.15) is 0 Å². The Balaban J connectivity index is 2.54. The molecule has 5 heteroatoms. The molecule has 5 nitrogen and oxygen atoms in total. The van der Waals surface area contributed by atoms with Gasteiger partial charge in [-0.15, -0.1) is 0 Å². The second kappa shape index (κ2) is 5.61. The standard InChI is InChI=1S/C11H22N2O3/c1-3-9(10(12)14)13(2)8-11(15)4-6-16-7-5-11/h9,15H,3-8H2,1-2H3,(H2,12,14). The highest BCUT2D eigenvalue weighted by molar-refractivity contribution is 5.79. The average molecular weight is 230 g/mol. The molecular formula is C11H22N2O3. The number of rotatable bonds is 5. The zero-order valence-electron chi connectivity index (χ0n) is 10.1. The lowest BCUT2D eigenvalue weighted by Crippen LogP contribution is -2.51. The molecule has 1 fully saturated rings. The van der Waals surface area contributed by atoms with E-state index in [-0.39, 0.29) is 11.9 Å². The van der Waals surface area contributed by atoms with Crippen LogP contribution in [0.5, 0.6) is 0 Å². The van der Waals surface area contributed by atoms with E-state index in [1.807, 2.05) is 18.9 Å². The van der Waals surface area contributed by atoms with Crippen molar-refractivity contribution in [2.24, 2.45) is 5.73 Å². The number of nitrogens with zero attached hydrogens (tertiary/aromatic N) is 1. The SMILES string of the molecule is CCC(C(N)=O)N(C)CC1(O)CCOCC1. The Morgan fingerprint density at radius 1 is 1.56 bits per heavy atom. The Labute approximate surface area is 96.6 Å². The molecule has 0 aromatic carbocycles. The predicted molar refractivity (Wildman–Crippen MR) is 60.9 cm³/mol. The van der Waals surface area contributed by atoms with Gasteiger partial charge in [-0.05, 0) is 13.5 Å². The van der Waals surface area contributed by atoms with Gasteiger partial charge in [-0.25, -0.2) is 0 Å². The summed E-state index contributed by atoms with van der Waals surface area (Å²) in [4.78, 5) is 13.0. The Hall–Kier alpha value is -0.650. The molecule has 1 unspecified atom stereocenters. The monoisotopic (exact) mass is 230 g/mol. The van der Waals surface area contributed by atoms with Gasteiger partial charge in [0, 0.05) is 32.6 Å². The number of aliphatic hydroxyl groups is 1. The van der Waals surface area contributed by atoms with Gasteiger partial charge in [0.25, 0.3) is 0 Å². The van der Waals surface area contributed by atoms with Gasteiger partial charge in [-0.3, -0.25) is 9.69 Å². The third kappa shape index (κ3) is 3.43. The van der Waals surface area contributed by atoms with Crippen molar-refractivity contribution in [3.8, 4) is 0 Å². The maximum Gasteiger partial charge on any atom is 0.234 e. The predicted octanol–water partition coefficient (Wildman–Crippen LogP) is -0.276. The van der Waals surface area contributed by atoms with Crippen LogP contribution in [0.2, 0.25) is 0 Å². The van der Waals surface area contributed by atoms with E-state index in [1.54, 1.807) is 0 Å². The molecule has 1 heterocycles. The average Bonchev–Trinajstić information content (AvgIpc) is 2.18. The normalized spacial score (nSPS) is 22.0. The van der Waals surface area contributed by atoms with Crippen molar-refractivity contribution in [3.05, 3.63) is 0 Å². The van der Waals surface area contributed by atoms with Crippen LogP contribution < -0.4 is 5.73 Å². The summed E-state index contributed by atoms with van der Waals surface area (Å²) >= 11 is 0. The van der Waals surface area contributed by atoms with Crippen molar-refractivity contribution in [1.29, 1.82) is 0 Å². The Bertz CT molecular complexity index is 239. The molecule has 1 rings (SSSR count). The first kappa shape index (κ1) is 13.4. The van der Waals surface area contributed by atoms with Crippen molar-refractivity contribution in [3.63, 3.8) is 0 Å². The van der Waals surface area contributed by atoms with E-state index in [0.717, 1.165) is 0 Å². The van der Waals surface area contributed by atoms with E-state index in [2.05, 4.69) is 0 Å². The number of amides is 1. The molecule has 16 heavy (non-hydrogen) atoms. The van der Waals surface area contributed by atoms with Crippen molar-refractivity contribution in [1.82, 2.24) is 4.90 Å². The molecule has 0 aliphatic carbocycles. The minimum atomic E-state index is -0.740. The fourth-order valence-electron chi connectivity index (χ4n) is 2.21.